The summed E-state index contributed by atoms with van der Waals surface area (Å²) in [7, 11) is -9.04. The number of hydrogen-bond acceptors (Lipinski definition) is 8. The zero-order valence-electron chi connectivity index (χ0n) is 20.0. The standard InChI is InChI=1S/C23H16N4O12S2/c28-20-16(18(22(30)31)24-26(20)12-4-8-14(9-5-12)40(34,35)36)2-1-3-17-19(23(32)33)25-27(21(17)29)13-6-10-15(11-7-13)41(37,38)39/h2-11,24-25H,(H,30,31)(H,32,33)(H,34,35,36)(H,37,38,39). The van der Waals surface area contributed by atoms with Crippen molar-refractivity contribution in [2.45, 2.75) is 9.79 Å². The van der Waals surface area contributed by atoms with Gasteiger partial charge in [-0.2, -0.15) is 16.8 Å². The highest BCUT2D eigenvalue weighted by molar-refractivity contribution is 7.86. The molecular weight excluding hydrogens is 588 g/mol. The minimum absolute atomic E-state index is 0.00947. The van der Waals surface area contributed by atoms with Crippen LogP contribution in [0.3, 0.4) is 0 Å². The van der Waals surface area contributed by atoms with Crippen molar-refractivity contribution in [2.24, 2.45) is 0 Å². The Morgan fingerprint density at radius 1 is 0.659 bits per heavy atom. The van der Waals surface area contributed by atoms with Crippen molar-refractivity contribution >= 4 is 44.3 Å². The van der Waals surface area contributed by atoms with Crippen molar-refractivity contribution in [1.29, 1.82) is 0 Å². The Balaban J connectivity index is 1.78. The molecule has 18 heteroatoms. The van der Waals surface area contributed by atoms with Gasteiger partial charge < -0.3 is 10.2 Å². The summed E-state index contributed by atoms with van der Waals surface area (Å²) in [6, 6.07) is 8.42. The van der Waals surface area contributed by atoms with E-state index in [0.29, 0.717) is 0 Å². The first-order valence-corrected chi connectivity index (χ1v) is 13.7. The lowest BCUT2D eigenvalue weighted by molar-refractivity contribution is 0.0679. The summed E-state index contributed by atoms with van der Waals surface area (Å²) in [6.07, 6.45) is 1.77. The highest BCUT2D eigenvalue weighted by Gasteiger charge is 2.21. The third-order valence-corrected chi connectivity index (χ3v) is 7.26. The van der Waals surface area contributed by atoms with Gasteiger partial charge in [0.2, 0.25) is 0 Å². The van der Waals surface area contributed by atoms with Gasteiger partial charge in [0.15, 0.2) is 11.4 Å². The number of carboxylic acid groups (broad SMARTS) is 2. The Morgan fingerprint density at radius 3 is 1.24 bits per heavy atom. The number of carbonyl (C=O) groups is 2. The van der Waals surface area contributed by atoms with Crippen LogP contribution in [0.4, 0.5) is 0 Å². The van der Waals surface area contributed by atoms with E-state index in [2.05, 4.69) is 15.9 Å². The molecule has 4 aromatic rings. The molecule has 0 saturated heterocycles. The molecular formula is C23H16N4O12S2. The van der Waals surface area contributed by atoms with Gasteiger partial charge in [-0.15, -0.1) is 5.73 Å². The number of hydrogen-bond donors (Lipinski definition) is 6. The normalized spacial score (nSPS) is 11.6. The highest BCUT2D eigenvalue weighted by atomic mass is 32.2. The second-order valence-electron chi connectivity index (χ2n) is 8.09. The molecule has 0 saturated carbocycles. The van der Waals surface area contributed by atoms with Crippen LogP contribution in [-0.4, -0.2) is 67.7 Å². The summed E-state index contributed by atoms with van der Waals surface area (Å²) in [5.41, 5.74) is -1.56. The number of nitrogens with one attached hydrogen (secondary N) is 2. The van der Waals surface area contributed by atoms with Gasteiger partial charge in [-0.1, -0.05) is 0 Å². The van der Waals surface area contributed by atoms with Crippen LogP contribution in [0.5, 0.6) is 0 Å². The zero-order chi connectivity index (χ0) is 30.3. The smallest absolute Gasteiger partial charge is 0.354 e. The van der Waals surface area contributed by atoms with E-state index in [1.807, 2.05) is 0 Å². The summed E-state index contributed by atoms with van der Waals surface area (Å²) in [5.74, 6) is -3.13. The minimum Gasteiger partial charge on any atom is -0.477 e. The van der Waals surface area contributed by atoms with Crippen LogP contribution in [0.2, 0.25) is 0 Å². The van der Waals surface area contributed by atoms with Gasteiger partial charge in [-0.25, -0.2) is 19.0 Å². The molecule has 16 nitrogen and oxygen atoms in total. The van der Waals surface area contributed by atoms with Gasteiger partial charge in [0, 0.05) is 0 Å². The second-order valence-corrected chi connectivity index (χ2v) is 10.9. The Labute approximate surface area is 228 Å². The fourth-order valence-corrected chi connectivity index (χ4v) is 4.56. The number of aromatic amines is 2. The molecule has 4 rings (SSSR count). The van der Waals surface area contributed by atoms with E-state index in [9.17, 15) is 46.2 Å². The molecule has 0 spiro atoms. The van der Waals surface area contributed by atoms with E-state index in [1.54, 1.807) is 0 Å². The molecule has 212 valence electrons. The SMILES string of the molecule is O=C(O)c1[nH]n(-c2ccc(S(=O)(=O)O)cc2)c(=O)c1C=C=Cc1c(C(=O)O)[nH]n(-c2ccc(S(=O)(=O)O)cc2)c1=O. The lowest BCUT2D eigenvalue weighted by atomic mass is 10.2. The molecule has 0 amide bonds. The van der Waals surface area contributed by atoms with E-state index in [1.165, 1.54) is 0 Å². The van der Waals surface area contributed by atoms with E-state index in [4.69, 9.17) is 9.11 Å². The van der Waals surface area contributed by atoms with E-state index < -0.39 is 75.6 Å². The Morgan fingerprint density at radius 2 is 0.976 bits per heavy atom. The predicted molar refractivity (Wildman–Crippen MR) is 139 cm³/mol. The summed E-state index contributed by atoms with van der Waals surface area (Å²) >= 11 is 0. The molecule has 2 heterocycles. The van der Waals surface area contributed by atoms with Gasteiger partial charge in [-0.05, 0) is 60.7 Å². The molecule has 0 unspecified atom stereocenters. The van der Waals surface area contributed by atoms with Crippen LogP contribution in [0.15, 0.2) is 73.6 Å². The lowest BCUT2D eigenvalue weighted by Crippen LogP contribution is -2.16. The molecule has 0 fully saturated rings. The first-order chi connectivity index (χ1) is 19.1. The Hall–Kier alpha value is -5.26. The van der Waals surface area contributed by atoms with Gasteiger partial charge >= 0.3 is 11.9 Å². The topological polar surface area (TPSA) is 259 Å². The number of benzene rings is 2. The van der Waals surface area contributed by atoms with Crippen LogP contribution in [0.25, 0.3) is 23.5 Å². The quantitative estimate of drug-likeness (QED) is 0.121. The molecule has 6 N–H and O–H groups in total. The fraction of sp³-hybridized carbons (Fsp3) is 0. The van der Waals surface area contributed by atoms with Crippen LogP contribution in [0, 0.1) is 0 Å². The second kappa shape index (κ2) is 10.4. The molecule has 2 aromatic carbocycles. The molecule has 2 aromatic heterocycles. The first-order valence-electron chi connectivity index (χ1n) is 10.8. The van der Waals surface area contributed by atoms with Crippen molar-refractivity contribution in [3.05, 3.63) is 97.5 Å². The monoisotopic (exact) mass is 604 g/mol. The zero-order valence-corrected chi connectivity index (χ0v) is 21.7. The van der Waals surface area contributed by atoms with Crippen molar-refractivity contribution < 1.29 is 45.7 Å². The van der Waals surface area contributed by atoms with Crippen LogP contribution in [-0.2, 0) is 20.2 Å². The highest BCUT2D eigenvalue weighted by Crippen LogP contribution is 2.16. The maximum Gasteiger partial charge on any atom is 0.354 e. The number of nitrogens with zero attached hydrogens (tertiary/aromatic N) is 2. The van der Waals surface area contributed by atoms with Gasteiger partial charge in [0.05, 0.1) is 32.3 Å². The maximum atomic E-state index is 12.9. The molecule has 41 heavy (non-hydrogen) atoms. The number of H-pyrrole nitrogens is 2. The van der Waals surface area contributed by atoms with Gasteiger partial charge in [-0.3, -0.25) is 28.9 Å². The molecule has 0 aliphatic rings. The summed E-state index contributed by atoms with van der Waals surface area (Å²) in [5, 5.41) is 23.7. The Bertz CT molecular complexity index is 1960. The van der Waals surface area contributed by atoms with Crippen molar-refractivity contribution in [3.8, 4) is 11.4 Å². The number of rotatable bonds is 8. The fourth-order valence-electron chi connectivity index (χ4n) is 3.60. The number of aromatic carboxylic acids is 2. The summed E-state index contributed by atoms with van der Waals surface area (Å²) < 4.78 is 64.7. The predicted octanol–water partition coefficient (Wildman–Crippen LogP) is 0.860. The molecule has 0 bridgehead atoms. The van der Waals surface area contributed by atoms with Gasteiger partial charge in [0.1, 0.15) is 0 Å². The van der Waals surface area contributed by atoms with Crippen molar-refractivity contribution in [3.63, 3.8) is 0 Å². The summed E-state index contributed by atoms with van der Waals surface area (Å²) in [4.78, 5) is 48.4. The maximum absolute atomic E-state index is 12.9. The Kier molecular flexibility index (Phi) is 7.27. The summed E-state index contributed by atoms with van der Waals surface area (Å²) in [6.45, 7) is 0. The van der Waals surface area contributed by atoms with Crippen molar-refractivity contribution in [2.75, 3.05) is 0 Å². The molecule has 0 atom stereocenters. The molecule has 0 aliphatic carbocycles. The third kappa shape index (κ3) is 5.71. The molecule has 0 radical (unpaired) electrons. The number of aromatic nitrogens is 4. The van der Waals surface area contributed by atoms with E-state index >= 15 is 0 Å². The minimum atomic E-state index is -4.52. The number of carboxylic acids is 2. The van der Waals surface area contributed by atoms with Crippen LogP contribution >= 0.6 is 0 Å². The largest absolute Gasteiger partial charge is 0.477 e. The van der Waals surface area contributed by atoms with Crippen LogP contribution < -0.4 is 11.1 Å². The van der Waals surface area contributed by atoms with Crippen molar-refractivity contribution in [1.82, 2.24) is 19.6 Å². The average Bonchev–Trinajstić information content (AvgIpc) is 3.40. The lowest BCUT2D eigenvalue weighted by Gasteiger charge is -2.02. The average molecular weight is 605 g/mol. The third-order valence-electron chi connectivity index (χ3n) is 5.52. The molecule has 0 aliphatic heterocycles. The van der Waals surface area contributed by atoms with Crippen LogP contribution in [0.1, 0.15) is 32.1 Å². The van der Waals surface area contributed by atoms with E-state index in [0.717, 1.165) is 70.0 Å². The van der Waals surface area contributed by atoms with Gasteiger partial charge in [0.25, 0.3) is 31.4 Å². The first kappa shape index (κ1) is 28.7. The van der Waals surface area contributed by atoms with E-state index in [-0.39, 0.29) is 11.4 Å².